The van der Waals surface area contributed by atoms with Crippen LogP contribution in [0.4, 0.5) is 21.3 Å². The van der Waals surface area contributed by atoms with E-state index in [0.29, 0.717) is 33.7 Å². The molecule has 3 N–H and O–H groups in total. The number of para-hydroxylation sites is 1. The van der Waals surface area contributed by atoms with Crippen LogP contribution in [-0.4, -0.2) is 23.5 Å². The van der Waals surface area contributed by atoms with Crippen LogP contribution in [0.15, 0.2) is 54.6 Å². The van der Waals surface area contributed by atoms with Crippen LogP contribution in [0.5, 0.6) is 5.75 Å². The molecule has 0 atom stereocenters. The van der Waals surface area contributed by atoms with Gasteiger partial charge < -0.3 is 15.4 Å². The fraction of sp³-hybridized carbons (Fsp3) is 0.150. The minimum Gasteiger partial charge on any atom is -0.494 e. The molecule has 1 heterocycles. The number of thiazole rings is 1. The molecule has 3 rings (SSSR count). The van der Waals surface area contributed by atoms with Crippen molar-refractivity contribution in [1.29, 1.82) is 0 Å². The molecule has 1 aromatic heterocycles. The number of urea groups is 1. The molecular formula is C20H20N4O3S. The van der Waals surface area contributed by atoms with Crippen LogP contribution in [-0.2, 0) is 0 Å². The number of carbonyl (C=O) groups is 2. The molecule has 2 aromatic carbocycles. The molecule has 3 aromatic rings. The summed E-state index contributed by atoms with van der Waals surface area (Å²) in [6, 6.07) is 15.8. The van der Waals surface area contributed by atoms with Crippen LogP contribution in [0.2, 0.25) is 0 Å². The van der Waals surface area contributed by atoms with Crippen LogP contribution in [0, 0.1) is 6.92 Å². The van der Waals surface area contributed by atoms with Crippen LogP contribution in [0.25, 0.3) is 0 Å². The third kappa shape index (κ3) is 5.08. The number of ether oxygens (including phenoxy) is 1. The molecule has 0 bridgehead atoms. The molecule has 0 aliphatic rings. The Morgan fingerprint density at radius 1 is 0.964 bits per heavy atom. The predicted octanol–water partition coefficient (Wildman–Crippen LogP) is 4.75. The first kappa shape index (κ1) is 19.4. The van der Waals surface area contributed by atoms with Crippen molar-refractivity contribution in [2.45, 2.75) is 13.8 Å². The molecule has 0 unspecified atom stereocenters. The lowest BCUT2D eigenvalue weighted by molar-refractivity contribution is 0.102. The van der Waals surface area contributed by atoms with E-state index in [2.05, 4.69) is 20.9 Å². The molecular weight excluding hydrogens is 376 g/mol. The number of amides is 3. The maximum absolute atomic E-state index is 12.5. The van der Waals surface area contributed by atoms with Crippen molar-refractivity contribution in [3.05, 3.63) is 65.2 Å². The Labute approximate surface area is 166 Å². The van der Waals surface area contributed by atoms with Crippen LogP contribution in [0.3, 0.4) is 0 Å². The first-order valence-electron chi connectivity index (χ1n) is 8.70. The highest BCUT2D eigenvalue weighted by molar-refractivity contribution is 7.17. The van der Waals surface area contributed by atoms with Gasteiger partial charge in [-0.15, -0.1) is 0 Å². The predicted molar refractivity (Wildman–Crippen MR) is 111 cm³/mol. The standard InChI is InChI=1S/C20H20N4O3S/c1-3-27-16-11-9-15(10-12-16)22-18(25)17-13(2)21-20(28-17)24-19(26)23-14-7-5-4-6-8-14/h4-12H,3H2,1-2H3,(H,22,25)(H2,21,23,24,26). The highest BCUT2D eigenvalue weighted by Crippen LogP contribution is 2.24. The average molecular weight is 396 g/mol. The van der Waals surface area contributed by atoms with Gasteiger partial charge in [-0.2, -0.15) is 0 Å². The van der Waals surface area contributed by atoms with E-state index in [1.54, 1.807) is 43.3 Å². The summed E-state index contributed by atoms with van der Waals surface area (Å²) in [5.74, 6) is 0.459. The fourth-order valence-electron chi connectivity index (χ4n) is 2.43. The Morgan fingerprint density at radius 3 is 2.32 bits per heavy atom. The van der Waals surface area contributed by atoms with Gasteiger partial charge in [0.1, 0.15) is 10.6 Å². The van der Waals surface area contributed by atoms with Crippen molar-refractivity contribution < 1.29 is 14.3 Å². The van der Waals surface area contributed by atoms with E-state index in [-0.39, 0.29) is 5.91 Å². The van der Waals surface area contributed by atoms with Gasteiger partial charge in [0.25, 0.3) is 5.91 Å². The molecule has 28 heavy (non-hydrogen) atoms. The van der Waals surface area contributed by atoms with Crippen molar-refractivity contribution in [3.63, 3.8) is 0 Å². The smallest absolute Gasteiger partial charge is 0.325 e. The molecule has 0 radical (unpaired) electrons. The summed E-state index contributed by atoms with van der Waals surface area (Å²) in [4.78, 5) is 29.3. The average Bonchev–Trinajstić information content (AvgIpc) is 3.04. The molecule has 0 saturated carbocycles. The Hall–Kier alpha value is -3.39. The molecule has 0 saturated heterocycles. The summed E-state index contributed by atoms with van der Waals surface area (Å²) in [5, 5.41) is 8.53. The van der Waals surface area contributed by atoms with E-state index in [9.17, 15) is 9.59 Å². The number of benzene rings is 2. The van der Waals surface area contributed by atoms with Crippen LogP contribution >= 0.6 is 11.3 Å². The number of nitrogens with one attached hydrogen (secondary N) is 3. The zero-order chi connectivity index (χ0) is 19.9. The highest BCUT2D eigenvalue weighted by atomic mass is 32.1. The lowest BCUT2D eigenvalue weighted by Crippen LogP contribution is -2.19. The van der Waals surface area contributed by atoms with Gasteiger partial charge in [-0.3, -0.25) is 10.1 Å². The van der Waals surface area contributed by atoms with E-state index >= 15 is 0 Å². The van der Waals surface area contributed by atoms with Gasteiger partial charge in [0, 0.05) is 11.4 Å². The Morgan fingerprint density at radius 2 is 1.64 bits per heavy atom. The van der Waals surface area contributed by atoms with Crippen molar-refractivity contribution in [2.75, 3.05) is 22.6 Å². The summed E-state index contributed by atoms with van der Waals surface area (Å²) < 4.78 is 5.39. The summed E-state index contributed by atoms with van der Waals surface area (Å²) in [7, 11) is 0. The first-order chi connectivity index (χ1) is 13.5. The normalized spacial score (nSPS) is 10.2. The topological polar surface area (TPSA) is 92.4 Å². The van der Waals surface area contributed by atoms with Gasteiger partial charge in [-0.05, 0) is 50.2 Å². The zero-order valence-electron chi connectivity index (χ0n) is 15.5. The monoisotopic (exact) mass is 396 g/mol. The second-order valence-corrected chi connectivity index (χ2v) is 6.79. The van der Waals surface area contributed by atoms with E-state index in [1.807, 2.05) is 25.1 Å². The SMILES string of the molecule is CCOc1ccc(NC(=O)c2sc(NC(=O)Nc3ccccc3)nc2C)cc1. The Bertz CT molecular complexity index is 955. The fourth-order valence-corrected chi connectivity index (χ4v) is 3.29. The van der Waals surface area contributed by atoms with Crippen LogP contribution < -0.4 is 20.7 Å². The zero-order valence-corrected chi connectivity index (χ0v) is 16.3. The van der Waals surface area contributed by atoms with E-state index in [0.717, 1.165) is 17.1 Å². The van der Waals surface area contributed by atoms with Gasteiger partial charge >= 0.3 is 6.03 Å². The number of hydrogen-bond acceptors (Lipinski definition) is 5. The minimum atomic E-state index is -0.418. The summed E-state index contributed by atoms with van der Waals surface area (Å²) in [6.45, 7) is 4.22. The third-order valence-electron chi connectivity index (χ3n) is 3.68. The maximum Gasteiger partial charge on any atom is 0.325 e. The molecule has 0 aliphatic heterocycles. The molecule has 3 amide bonds. The van der Waals surface area contributed by atoms with Gasteiger partial charge in [-0.25, -0.2) is 9.78 Å². The number of rotatable bonds is 6. The third-order valence-corrected chi connectivity index (χ3v) is 4.75. The summed E-state index contributed by atoms with van der Waals surface area (Å²) >= 11 is 1.12. The molecule has 8 heteroatoms. The van der Waals surface area contributed by atoms with E-state index < -0.39 is 6.03 Å². The largest absolute Gasteiger partial charge is 0.494 e. The summed E-state index contributed by atoms with van der Waals surface area (Å²) in [5.41, 5.74) is 1.86. The van der Waals surface area contributed by atoms with E-state index in [4.69, 9.17) is 4.74 Å². The van der Waals surface area contributed by atoms with Gasteiger partial charge in [0.05, 0.1) is 12.3 Å². The molecule has 7 nitrogen and oxygen atoms in total. The number of anilines is 3. The van der Waals surface area contributed by atoms with Gasteiger partial charge in [0.15, 0.2) is 5.13 Å². The number of carbonyl (C=O) groups excluding carboxylic acids is 2. The molecule has 0 spiro atoms. The number of aryl methyl sites for hydroxylation is 1. The quantitative estimate of drug-likeness (QED) is 0.561. The lowest BCUT2D eigenvalue weighted by Gasteiger charge is -2.06. The van der Waals surface area contributed by atoms with Gasteiger partial charge in [-0.1, -0.05) is 29.5 Å². The van der Waals surface area contributed by atoms with Crippen LogP contribution in [0.1, 0.15) is 22.3 Å². The number of aromatic nitrogens is 1. The van der Waals surface area contributed by atoms with Crippen molar-refractivity contribution in [1.82, 2.24) is 4.98 Å². The minimum absolute atomic E-state index is 0.282. The number of nitrogens with zero attached hydrogens (tertiary/aromatic N) is 1. The maximum atomic E-state index is 12.5. The number of hydrogen-bond donors (Lipinski definition) is 3. The molecule has 0 fully saturated rings. The first-order valence-corrected chi connectivity index (χ1v) is 9.51. The summed E-state index contributed by atoms with van der Waals surface area (Å²) in [6.07, 6.45) is 0. The van der Waals surface area contributed by atoms with Gasteiger partial charge in [0.2, 0.25) is 0 Å². The Balaban J connectivity index is 1.62. The van der Waals surface area contributed by atoms with Crippen molar-refractivity contribution >= 4 is 39.8 Å². The van der Waals surface area contributed by atoms with Crippen molar-refractivity contribution in [3.8, 4) is 5.75 Å². The molecule has 0 aliphatic carbocycles. The second kappa shape index (κ2) is 9.01. The molecule has 144 valence electrons. The lowest BCUT2D eigenvalue weighted by atomic mass is 10.3. The highest BCUT2D eigenvalue weighted by Gasteiger charge is 2.17. The second-order valence-electron chi connectivity index (χ2n) is 5.79. The Kier molecular flexibility index (Phi) is 6.23. The van der Waals surface area contributed by atoms with Crippen molar-refractivity contribution in [2.24, 2.45) is 0 Å². The van der Waals surface area contributed by atoms with E-state index in [1.165, 1.54) is 0 Å².